The van der Waals surface area contributed by atoms with Gasteiger partial charge in [0.2, 0.25) is 10.0 Å². The van der Waals surface area contributed by atoms with Crippen molar-refractivity contribution < 1.29 is 17.9 Å². The molecule has 0 fully saturated rings. The minimum Gasteiger partial charge on any atom is -0.495 e. The van der Waals surface area contributed by atoms with E-state index in [0.717, 1.165) is 11.0 Å². The van der Waals surface area contributed by atoms with Gasteiger partial charge in [0.1, 0.15) is 17.0 Å². The number of aromatic nitrogens is 2. The average Bonchev–Trinajstić information content (AvgIpc) is 3.11. The van der Waals surface area contributed by atoms with E-state index in [0.29, 0.717) is 13.1 Å². The summed E-state index contributed by atoms with van der Waals surface area (Å²) >= 11 is 0. The third-order valence-electron chi connectivity index (χ3n) is 4.42. The van der Waals surface area contributed by atoms with Crippen LogP contribution in [-0.2, 0) is 10.0 Å². The second kappa shape index (κ2) is 7.99. The van der Waals surface area contributed by atoms with Crippen LogP contribution in [-0.4, -0.2) is 48.5 Å². The fraction of sp³-hybridized carbons (Fsp3) is 0.263. The maximum atomic E-state index is 12.9. The standard InChI is InChI=1S/C19H22N4O4S/c1-4-22(5-2)28(25,26)18-12-14(10-11-17(18)27-3)19(24)21-23-13-20-15-8-6-7-9-16(15)23/h6-13H,4-5H2,1-3H3,(H,21,24). The van der Waals surface area contributed by atoms with Crippen LogP contribution in [0.1, 0.15) is 24.2 Å². The smallest absolute Gasteiger partial charge is 0.270 e. The van der Waals surface area contributed by atoms with E-state index < -0.39 is 15.9 Å². The first-order valence-corrected chi connectivity index (χ1v) is 10.3. The van der Waals surface area contributed by atoms with Crippen molar-refractivity contribution in [2.24, 2.45) is 0 Å². The molecule has 0 unspecified atom stereocenters. The lowest BCUT2D eigenvalue weighted by Crippen LogP contribution is -2.31. The highest BCUT2D eigenvalue weighted by Crippen LogP contribution is 2.28. The fourth-order valence-corrected chi connectivity index (χ4v) is 4.58. The molecule has 1 aromatic heterocycles. The molecule has 28 heavy (non-hydrogen) atoms. The van der Waals surface area contributed by atoms with Crippen molar-refractivity contribution in [1.29, 1.82) is 0 Å². The number of benzene rings is 2. The van der Waals surface area contributed by atoms with Crippen LogP contribution in [0.25, 0.3) is 11.0 Å². The number of para-hydroxylation sites is 2. The third kappa shape index (κ3) is 3.58. The van der Waals surface area contributed by atoms with Gasteiger partial charge in [0.25, 0.3) is 5.91 Å². The van der Waals surface area contributed by atoms with Crippen molar-refractivity contribution in [3.63, 3.8) is 0 Å². The van der Waals surface area contributed by atoms with Crippen molar-refractivity contribution in [1.82, 2.24) is 14.0 Å². The Bertz CT molecular complexity index is 1100. The van der Waals surface area contributed by atoms with E-state index in [9.17, 15) is 13.2 Å². The van der Waals surface area contributed by atoms with Crippen molar-refractivity contribution in [3.8, 4) is 5.75 Å². The number of imidazole rings is 1. The number of ether oxygens (including phenoxy) is 1. The van der Waals surface area contributed by atoms with E-state index in [1.807, 2.05) is 24.3 Å². The summed E-state index contributed by atoms with van der Waals surface area (Å²) < 4.78 is 33.9. The summed E-state index contributed by atoms with van der Waals surface area (Å²) in [6, 6.07) is 11.7. The molecule has 9 heteroatoms. The van der Waals surface area contributed by atoms with Crippen LogP contribution in [0.15, 0.2) is 53.7 Å². The van der Waals surface area contributed by atoms with Crippen molar-refractivity contribution in [3.05, 3.63) is 54.4 Å². The van der Waals surface area contributed by atoms with Crippen LogP contribution in [0.5, 0.6) is 5.75 Å². The largest absolute Gasteiger partial charge is 0.495 e. The molecule has 0 aliphatic rings. The van der Waals surface area contributed by atoms with Crippen LogP contribution in [0.2, 0.25) is 0 Å². The van der Waals surface area contributed by atoms with Gasteiger partial charge in [0.05, 0.1) is 18.1 Å². The van der Waals surface area contributed by atoms with Crippen LogP contribution in [0.3, 0.4) is 0 Å². The van der Waals surface area contributed by atoms with Gasteiger partial charge in [-0.15, -0.1) is 0 Å². The van der Waals surface area contributed by atoms with Crippen LogP contribution >= 0.6 is 0 Å². The highest BCUT2D eigenvalue weighted by molar-refractivity contribution is 7.89. The molecule has 0 spiro atoms. The number of carbonyl (C=O) groups is 1. The van der Waals surface area contributed by atoms with Gasteiger partial charge in [-0.1, -0.05) is 26.0 Å². The van der Waals surface area contributed by atoms with Crippen LogP contribution in [0.4, 0.5) is 0 Å². The van der Waals surface area contributed by atoms with E-state index in [1.165, 1.54) is 40.6 Å². The zero-order valence-corrected chi connectivity index (χ0v) is 16.7. The zero-order chi connectivity index (χ0) is 20.3. The molecule has 1 amide bonds. The molecular formula is C19H22N4O4S. The van der Waals surface area contributed by atoms with Crippen molar-refractivity contribution >= 4 is 27.0 Å². The molecule has 0 radical (unpaired) electrons. The molecule has 1 N–H and O–H groups in total. The minimum absolute atomic E-state index is 0.0400. The Labute approximate surface area is 163 Å². The average molecular weight is 402 g/mol. The van der Waals surface area contributed by atoms with Crippen LogP contribution in [0, 0.1) is 0 Å². The first kappa shape index (κ1) is 19.8. The van der Waals surface area contributed by atoms with E-state index in [1.54, 1.807) is 13.8 Å². The molecule has 0 saturated heterocycles. The molecule has 8 nitrogen and oxygen atoms in total. The Morgan fingerprint density at radius 3 is 2.57 bits per heavy atom. The predicted molar refractivity (Wildman–Crippen MR) is 107 cm³/mol. The van der Waals surface area contributed by atoms with Gasteiger partial charge < -0.3 is 4.74 Å². The molecule has 0 aliphatic heterocycles. The number of nitrogens with zero attached hydrogens (tertiary/aromatic N) is 3. The Morgan fingerprint density at radius 2 is 1.89 bits per heavy atom. The molecule has 2 aromatic carbocycles. The molecular weight excluding hydrogens is 380 g/mol. The lowest BCUT2D eigenvalue weighted by Gasteiger charge is -2.20. The quantitative estimate of drug-likeness (QED) is 0.655. The Morgan fingerprint density at radius 1 is 1.18 bits per heavy atom. The second-order valence-electron chi connectivity index (χ2n) is 6.00. The van der Waals surface area contributed by atoms with E-state index >= 15 is 0 Å². The van der Waals surface area contributed by atoms with Gasteiger partial charge in [0, 0.05) is 18.7 Å². The number of nitrogens with one attached hydrogen (secondary N) is 1. The highest BCUT2D eigenvalue weighted by atomic mass is 32.2. The van der Waals surface area contributed by atoms with Crippen LogP contribution < -0.4 is 10.2 Å². The van der Waals surface area contributed by atoms with Gasteiger partial charge in [-0.3, -0.25) is 10.2 Å². The Hall–Kier alpha value is -2.91. The first-order chi connectivity index (χ1) is 13.4. The minimum atomic E-state index is -3.79. The van der Waals surface area contributed by atoms with E-state index in [-0.39, 0.29) is 16.2 Å². The van der Waals surface area contributed by atoms with Crippen molar-refractivity contribution in [2.45, 2.75) is 18.7 Å². The molecule has 3 aromatic rings. The Balaban J connectivity index is 1.97. The molecule has 0 atom stereocenters. The van der Waals surface area contributed by atoms with Gasteiger partial charge in [-0.2, -0.15) is 4.31 Å². The van der Waals surface area contributed by atoms with E-state index in [2.05, 4.69) is 10.4 Å². The summed E-state index contributed by atoms with van der Waals surface area (Å²) in [6.07, 6.45) is 1.50. The lowest BCUT2D eigenvalue weighted by atomic mass is 10.2. The topological polar surface area (TPSA) is 93.5 Å². The number of fused-ring (bicyclic) bond motifs is 1. The second-order valence-corrected chi connectivity index (χ2v) is 7.91. The summed E-state index contributed by atoms with van der Waals surface area (Å²) in [5, 5.41) is 0. The molecule has 0 bridgehead atoms. The molecule has 1 heterocycles. The summed E-state index contributed by atoms with van der Waals surface area (Å²) in [6.45, 7) is 4.15. The van der Waals surface area contributed by atoms with Gasteiger partial charge >= 0.3 is 0 Å². The number of hydrogen-bond donors (Lipinski definition) is 1. The molecule has 0 saturated carbocycles. The number of hydrogen-bond acceptors (Lipinski definition) is 5. The highest BCUT2D eigenvalue weighted by Gasteiger charge is 2.27. The molecule has 3 rings (SSSR count). The van der Waals surface area contributed by atoms with Gasteiger partial charge in [-0.05, 0) is 30.3 Å². The molecule has 0 aliphatic carbocycles. The summed E-state index contributed by atoms with van der Waals surface area (Å²) in [4.78, 5) is 16.9. The predicted octanol–water partition coefficient (Wildman–Crippen LogP) is 2.46. The first-order valence-electron chi connectivity index (χ1n) is 8.84. The van der Waals surface area contributed by atoms with Gasteiger partial charge in [-0.25, -0.2) is 18.1 Å². The fourth-order valence-electron chi connectivity index (χ4n) is 2.94. The zero-order valence-electron chi connectivity index (χ0n) is 15.9. The molecule has 148 valence electrons. The number of rotatable bonds is 7. The normalized spacial score (nSPS) is 11.7. The Kier molecular flexibility index (Phi) is 5.66. The number of carbonyl (C=O) groups excluding carboxylic acids is 1. The number of amides is 1. The summed E-state index contributed by atoms with van der Waals surface area (Å²) in [7, 11) is -2.39. The number of sulfonamides is 1. The third-order valence-corrected chi connectivity index (χ3v) is 6.50. The maximum Gasteiger partial charge on any atom is 0.270 e. The number of methoxy groups -OCH3 is 1. The summed E-state index contributed by atoms with van der Waals surface area (Å²) in [5.41, 5.74) is 4.39. The van der Waals surface area contributed by atoms with Crippen molar-refractivity contribution in [2.75, 3.05) is 25.6 Å². The maximum absolute atomic E-state index is 12.9. The monoisotopic (exact) mass is 402 g/mol. The van der Waals surface area contributed by atoms with Gasteiger partial charge in [0.15, 0.2) is 0 Å². The SMILES string of the molecule is CCN(CC)S(=O)(=O)c1cc(C(=O)Nn2cnc3ccccc32)ccc1OC. The van der Waals surface area contributed by atoms with E-state index in [4.69, 9.17) is 4.74 Å². The lowest BCUT2D eigenvalue weighted by molar-refractivity contribution is 0.101. The summed E-state index contributed by atoms with van der Waals surface area (Å²) in [5.74, 6) is -0.265.